The largest absolute Gasteiger partial charge is 0.326 e. The molecule has 6 nitrogen and oxygen atoms in total. The van der Waals surface area contributed by atoms with Gasteiger partial charge in [-0.1, -0.05) is 0 Å². The van der Waals surface area contributed by atoms with Crippen LogP contribution in [0.3, 0.4) is 0 Å². The molecule has 0 spiro atoms. The number of hydrogen-bond donors (Lipinski definition) is 2. The van der Waals surface area contributed by atoms with Gasteiger partial charge in [-0.2, -0.15) is 0 Å². The van der Waals surface area contributed by atoms with Crippen LogP contribution >= 0.6 is 11.3 Å². The van der Waals surface area contributed by atoms with Crippen molar-refractivity contribution in [3.05, 3.63) is 32.4 Å². The first-order valence-electron chi connectivity index (χ1n) is 6.07. The molecular weight excluding hydrogens is 264 g/mol. The van der Waals surface area contributed by atoms with Crippen molar-refractivity contribution in [2.75, 3.05) is 0 Å². The van der Waals surface area contributed by atoms with Gasteiger partial charge < -0.3 is 4.98 Å². The van der Waals surface area contributed by atoms with Crippen molar-refractivity contribution in [3.8, 4) is 0 Å². The SMILES string of the molecule is Cc1nc(C2CC2)nc2sc3c(=O)[nH]c(=O)[nH]c3c12. The van der Waals surface area contributed by atoms with Gasteiger partial charge in [-0.05, 0) is 19.8 Å². The smallest absolute Gasteiger partial charge is 0.305 e. The molecule has 0 atom stereocenters. The second-order valence-corrected chi connectivity index (χ2v) is 5.84. The quantitative estimate of drug-likeness (QED) is 0.701. The first-order valence-corrected chi connectivity index (χ1v) is 6.88. The number of fused-ring (bicyclic) bond motifs is 3. The lowest BCUT2D eigenvalue weighted by atomic mass is 10.2. The summed E-state index contributed by atoms with van der Waals surface area (Å²) >= 11 is 1.31. The van der Waals surface area contributed by atoms with Gasteiger partial charge in [0, 0.05) is 5.92 Å². The van der Waals surface area contributed by atoms with Crippen LogP contribution in [0.15, 0.2) is 9.59 Å². The van der Waals surface area contributed by atoms with Crippen molar-refractivity contribution in [2.45, 2.75) is 25.7 Å². The number of aromatic amines is 2. The molecule has 3 heterocycles. The lowest BCUT2D eigenvalue weighted by molar-refractivity contribution is 0.932. The van der Waals surface area contributed by atoms with Crippen LogP contribution in [0.2, 0.25) is 0 Å². The molecule has 1 saturated carbocycles. The number of rotatable bonds is 1. The molecule has 0 aromatic carbocycles. The molecule has 0 unspecified atom stereocenters. The van der Waals surface area contributed by atoms with E-state index in [4.69, 9.17) is 0 Å². The molecule has 0 aliphatic heterocycles. The molecule has 0 radical (unpaired) electrons. The van der Waals surface area contributed by atoms with Crippen molar-refractivity contribution < 1.29 is 0 Å². The van der Waals surface area contributed by atoms with Crippen LogP contribution in [0.5, 0.6) is 0 Å². The van der Waals surface area contributed by atoms with E-state index in [9.17, 15) is 9.59 Å². The molecule has 1 aliphatic carbocycles. The molecule has 3 aromatic rings. The summed E-state index contributed by atoms with van der Waals surface area (Å²) in [7, 11) is 0. The van der Waals surface area contributed by atoms with E-state index in [1.54, 1.807) is 0 Å². The summed E-state index contributed by atoms with van der Waals surface area (Å²) in [4.78, 5) is 37.9. The third-order valence-electron chi connectivity index (χ3n) is 3.36. The molecule has 0 saturated heterocycles. The van der Waals surface area contributed by atoms with Crippen molar-refractivity contribution in [2.24, 2.45) is 0 Å². The fraction of sp³-hybridized carbons (Fsp3) is 0.333. The molecule has 19 heavy (non-hydrogen) atoms. The van der Waals surface area contributed by atoms with Crippen molar-refractivity contribution in [3.63, 3.8) is 0 Å². The Morgan fingerprint density at radius 2 is 2.00 bits per heavy atom. The van der Waals surface area contributed by atoms with Crippen molar-refractivity contribution in [1.82, 2.24) is 19.9 Å². The fourth-order valence-electron chi connectivity index (χ4n) is 2.30. The van der Waals surface area contributed by atoms with E-state index >= 15 is 0 Å². The minimum Gasteiger partial charge on any atom is -0.305 e. The van der Waals surface area contributed by atoms with E-state index in [1.165, 1.54) is 11.3 Å². The Hall–Kier alpha value is -2.02. The van der Waals surface area contributed by atoms with E-state index in [-0.39, 0.29) is 5.56 Å². The predicted molar refractivity (Wildman–Crippen MR) is 72.9 cm³/mol. The molecule has 0 amide bonds. The van der Waals surface area contributed by atoms with Gasteiger partial charge in [0.15, 0.2) is 0 Å². The number of hydrogen-bond acceptors (Lipinski definition) is 5. The highest BCUT2D eigenvalue weighted by molar-refractivity contribution is 7.25. The minimum absolute atomic E-state index is 0.367. The van der Waals surface area contributed by atoms with E-state index in [0.29, 0.717) is 16.1 Å². The third kappa shape index (κ3) is 1.54. The predicted octanol–water partition coefficient (Wildman–Crippen LogP) is 1.41. The van der Waals surface area contributed by atoms with Gasteiger partial charge >= 0.3 is 5.69 Å². The summed E-state index contributed by atoms with van der Waals surface area (Å²) in [6, 6.07) is 0. The van der Waals surface area contributed by atoms with Gasteiger partial charge in [-0.3, -0.25) is 9.78 Å². The molecule has 1 aliphatic rings. The standard InChI is InChI=1S/C12H10N4O2S/c1-4-6-7-8(10(17)16-12(18)14-7)19-11(6)15-9(13-4)5-2-3-5/h5H,2-3H2,1H3,(H2,14,16,17,18). The summed E-state index contributed by atoms with van der Waals surface area (Å²) < 4.78 is 0.500. The summed E-state index contributed by atoms with van der Waals surface area (Å²) in [6.45, 7) is 1.89. The summed E-state index contributed by atoms with van der Waals surface area (Å²) in [5, 5.41) is 0.785. The third-order valence-corrected chi connectivity index (χ3v) is 4.45. The minimum atomic E-state index is -0.497. The second-order valence-electron chi connectivity index (χ2n) is 4.84. The first-order chi connectivity index (χ1) is 9.13. The molecule has 4 rings (SSSR count). The zero-order valence-electron chi connectivity index (χ0n) is 10.1. The maximum Gasteiger partial charge on any atom is 0.326 e. The second kappa shape index (κ2) is 3.51. The van der Waals surface area contributed by atoms with E-state index in [1.807, 2.05) is 6.92 Å². The van der Waals surface area contributed by atoms with Crippen LogP contribution in [-0.4, -0.2) is 19.9 Å². The van der Waals surface area contributed by atoms with Gasteiger partial charge in [0.05, 0.1) is 16.6 Å². The summed E-state index contributed by atoms with van der Waals surface area (Å²) in [5.41, 5.74) is 0.505. The topological polar surface area (TPSA) is 91.5 Å². The van der Waals surface area contributed by atoms with Gasteiger partial charge in [0.1, 0.15) is 15.4 Å². The highest BCUT2D eigenvalue weighted by atomic mass is 32.1. The monoisotopic (exact) mass is 274 g/mol. The molecule has 96 valence electrons. The number of aryl methyl sites for hydroxylation is 1. The number of H-pyrrole nitrogens is 2. The van der Waals surface area contributed by atoms with E-state index in [2.05, 4.69) is 19.9 Å². The Bertz CT molecular complexity index is 932. The zero-order chi connectivity index (χ0) is 13.1. The molecule has 1 fully saturated rings. The normalized spacial score (nSPS) is 15.4. The van der Waals surface area contributed by atoms with Crippen LogP contribution in [-0.2, 0) is 0 Å². The summed E-state index contributed by atoms with van der Waals surface area (Å²) in [6.07, 6.45) is 2.26. The fourth-order valence-corrected chi connectivity index (χ4v) is 3.38. The Morgan fingerprint density at radius 1 is 1.21 bits per heavy atom. The number of nitrogens with one attached hydrogen (secondary N) is 2. The molecule has 0 bridgehead atoms. The Labute approximate surface area is 110 Å². The number of thiophene rings is 1. The Balaban J connectivity index is 2.19. The lowest BCUT2D eigenvalue weighted by Gasteiger charge is -2.00. The molecule has 2 N–H and O–H groups in total. The van der Waals surface area contributed by atoms with Gasteiger partial charge in [0.2, 0.25) is 0 Å². The highest BCUT2D eigenvalue weighted by Gasteiger charge is 2.28. The molecular formula is C12H10N4O2S. The van der Waals surface area contributed by atoms with Crippen LogP contribution in [0.25, 0.3) is 20.4 Å². The van der Waals surface area contributed by atoms with Crippen LogP contribution in [0.4, 0.5) is 0 Å². The average molecular weight is 274 g/mol. The lowest BCUT2D eigenvalue weighted by Crippen LogP contribution is -2.20. The summed E-state index contributed by atoms with van der Waals surface area (Å²) in [5.74, 6) is 1.32. The zero-order valence-corrected chi connectivity index (χ0v) is 10.9. The maximum atomic E-state index is 11.8. The number of aromatic nitrogens is 4. The first kappa shape index (κ1) is 10.9. The van der Waals surface area contributed by atoms with Crippen molar-refractivity contribution in [1.29, 1.82) is 0 Å². The highest BCUT2D eigenvalue weighted by Crippen LogP contribution is 2.40. The van der Waals surface area contributed by atoms with E-state index in [0.717, 1.165) is 34.6 Å². The van der Waals surface area contributed by atoms with Gasteiger partial charge in [-0.15, -0.1) is 11.3 Å². The average Bonchev–Trinajstić information content (AvgIpc) is 3.11. The van der Waals surface area contributed by atoms with Gasteiger partial charge in [-0.25, -0.2) is 14.8 Å². The Morgan fingerprint density at radius 3 is 2.74 bits per heavy atom. The molecule has 7 heteroatoms. The van der Waals surface area contributed by atoms with Crippen molar-refractivity contribution >= 4 is 31.8 Å². The van der Waals surface area contributed by atoms with Crippen LogP contribution in [0.1, 0.15) is 30.3 Å². The van der Waals surface area contributed by atoms with Gasteiger partial charge in [0.25, 0.3) is 5.56 Å². The van der Waals surface area contributed by atoms with E-state index < -0.39 is 5.69 Å². The number of nitrogens with zero attached hydrogens (tertiary/aromatic N) is 2. The van der Waals surface area contributed by atoms with Crippen LogP contribution < -0.4 is 11.2 Å². The molecule has 3 aromatic heterocycles. The Kier molecular flexibility index (Phi) is 2.00. The maximum absolute atomic E-state index is 11.8. The van der Waals surface area contributed by atoms with Crippen LogP contribution in [0, 0.1) is 6.92 Å².